The van der Waals surface area contributed by atoms with Gasteiger partial charge in [0.2, 0.25) is 5.91 Å². The van der Waals surface area contributed by atoms with Gasteiger partial charge in [-0.05, 0) is 63.1 Å². The molecule has 0 unspecified atom stereocenters. The second-order valence-electron chi connectivity index (χ2n) is 7.78. The molecule has 1 amide bonds. The Kier molecular flexibility index (Phi) is 8.61. The fraction of sp³-hybridized carbons (Fsp3) is 0.714. The fourth-order valence-corrected chi connectivity index (χ4v) is 4.68. The Morgan fingerprint density at radius 1 is 1.29 bits per heavy atom. The number of aliphatic imine (C=N–C) groups is 1. The van der Waals surface area contributed by atoms with Crippen molar-refractivity contribution in [3.8, 4) is 0 Å². The van der Waals surface area contributed by atoms with Gasteiger partial charge in [0.25, 0.3) is 0 Å². The van der Waals surface area contributed by atoms with Crippen molar-refractivity contribution in [1.29, 1.82) is 0 Å². The van der Waals surface area contributed by atoms with E-state index in [-0.39, 0.29) is 0 Å². The molecule has 156 valence electrons. The largest absolute Gasteiger partial charge is 0.357 e. The van der Waals surface area contributed by atoms with Crippen molar-refractivity contribution >= 4 is 23.2 Å². The third-order valence-corrected chi connectivity index (χ3v) is 6.45. The van der Waals surface area contributed by atoms with Gasteiger partial charge in [-0.15, -0.1) is 11.3 Å². The average Bonchev–Trinajstić information content (AvgIpc) is 3.36. The van der Waals surface area contributed by atoms with Crippen LogP contribution < -0.4 is 10.6 Å². The lowest BCUT2D eigenvalue weighted by atomic mass is 9.97. The molecule has 3 rings (SSSR count). The third-order valence-electron chi connectivity index (χ3n) is 5.59. The number of nitrogens with zero attached hydrogens (tertiary/aromatic N) is 3. The van der Waals surface area contributed by atoms with E-state index >= 15 is 0 Å². The summed E-state index contributed by atoms with van der Waals surface area (Å²) in [7, 11) is 0. The highest BCUT2D eigenvalue weighted by Gasteiger charge is 2.20. The number of thiophene rings is 1. The zero-order valence-corrected chi connectivity index (χ0v) is 18.0. The van der Waals surface area contributed by atoms with Crippen molar-refractivity contribution < 1.29 is 4.79 Å². The zero-order chi connectivity index (χ0) is 19.6. The van der Waals surface area contributed by atoms with E-state index in [2.05, 4.69) is 40.0 Å². The second-order valence-corrected chi connectivity index (χ2v) is 8.82. The van der Waals surface area contributed by atoms with Crippen LogP contribution in [-0.4, -0.2) is 67.5 Å². The Labute approximate surface area is 173 Å². The molecule has 2 aliphatic rings. The van der Waals surface area contributed by atoms with Gasteiger partial charge in [0.1, 0.15) is 0 Å². The van der Waals surface area contributed by atoms with Crippen LogP contribution in [0.1, 0.15) is 43.9 Å². The molecule has 1 aromatic rings. The molecule has 2 aliphatic heterocycles. The molecule has 0 saturated carbocycles. The van der Waals surface area contributed by atoms with Gasteiger partial charge < -0.3 is 15.5 Å². The van der Waals surface area contributed by atoms with Crippen LogP contribution in [0.15, 0.2) is 22.5 Å². The number of carbonyl (C=O) groups is 1. The lowest BCUT2D eigenvalue weighted by Crippen LogP contribution is -2.40. The maximum Gasteiger partial charge on any atom is 0.222 e. The van der Waals surface area contributed by atoms with E-state index in [1.165, 1.54) is 30.8 Å². The molecule has 0 bridgehead atoms. The molecular weight excluding hydrogens is 370 g/mol. The first kappa shape index (κ1) is 21.1. The van der Waals surface area contributed by atoms with E-state index in [1.807, 2.05) is 16.2 Å². The molecule has 28 heavy (non-hydrogen) atoms. The summed E-state index contributed by atoms with van der Waals surface area (Å²) in [6.07, 6.45) is 5.17. The van der Waals surface area contributed by atoms with Gasteiger partial charge in [0, 0.05) is 50.6 Å². The normalized spacial score (nSPS) is 19.4. The minimum absolute atomic E-state index is 0.311. The van der Waals surface area contributed by atoms with Crippen molar-refractivity contribution in [1.82, 2.24) is 20.4 Å². The van der Waals surface area contributed by atoms with Crippen LogP contribution in [0.2, 0.25) is 0 Å². The third kappa shape index (κ3) is 6.78. The van der Waals surface area contributed by atoms with Crippen molar-refractivity contribution in [3.05, 3.63) is 22.4 Å². The lowest BCUT2D eigenvalue weighted by Gasteiger charge is -2.31. The Bertz CT molecular complexity index is 610. The predicted octanol–water partition coefficient (Wildman–Crippen LogP) is 2.53. The highest BCUT2D eigenvalue weighted by Crippen LogP contribution is 2.20. The highest BCUT2D eigenvalue weighted by molar-refractivity contribution is 7.09. The Hall–Kier alpha value is -1.60. The summed E-state index contributed by atoms with van der Waals surface area (Å²) in [6.45, 7) is 9.95. The van der Waals surface area contributed by atoms with Crippen LogP contribution in [0, 0.1) is 5.92 Å². The molecule has 0 spiro atoms. The Morgan fingerprint density at radius 2 is 2.14 bits per heavy atom. The molecule has 0 aromatic carbocycles. The number of likely N-dealkylation sites (tertiary alicyclic amines) is 2. The van der Waals surface area contributed by atoms with Crippen molar-refractivity contribution in [2.75, 3.05) is 45.8 Å². The number of rotatable bonds is 9. The van der Waals surface area contributed by atoms with E-state index < -0.39 is 0 Å². The molecule has 1 aromatic heterocycles. The van der Waals surface area contributed by atoms with Crippen molar-refractivity contribution in [2.24, 2.45) is 10.9 Å². The minimum atomic E-state index is 0.311. The predicted molar refractivity (Wildman–Crippen MR) is 117 cm³/mol. The maximum absolute atomic E-state index is 11.7. The van der Waals surface area contributed by atoms with Crippen LogP contribution in [-0.2, 0) is 11.3 Å². The summed E-state index contributed by atoms with van der Waals surface area (Å²) >= 11 is 1.85. The van der Waals surface area contributed by atoms with Crippen molar-refractivity contribution in [2.45, 2.75) is 45.6 Å². The molecule has 3 heterocycles. The van der Waals surface area contributed by atoms with E-state index in [0.29, 0.717) is 11.8 Å². The smallest absolute Gasteiger partial charge is 0.222 e. The van der Waals surface area contributed by atoms with E-state index in [9.17, 15) is 4.79 Å². The van der Waals surface area contributed by atoms with Crippen LogP contribution in [0.3, 0.4) is 0 Å². The molecular formula is C21H35N5OS. The minimum Gasteiger partial charge on any atom is -0.357 e. The van der Waals surface area contributed by atoms with Crippen LogP contribution in [0.25, 0.3) is 0 Å². The summed E-state index contributed by atoms with van der Waals surface area (Å²) < 4.78 is 0. The molecule has 0 atom stereocenters. The van der Waals surface area contributed by atoms with Gasteiger partial charge in [0.15, 0.2) is 5.96 Å². The number of amides is 1. The number of carbonyl (C=O) groups excluding carboxylic acids is 1. The summed E-state index contributed by atoms with van der Waals surface area (Å²) in [6, 6.07) is 4.37. The number of guanidine groups is 1. The Balaban J connectivity index is 1.34. The van der Waals surface area contributed by atoms with Crippen LogP contribution in [0.4, 0.5) is 0 Å². The van der Waals surface area contributed by atoms with Gasteiger partial charge in [-0.25, -0.2) is 0 Å². The molecule has 7 heteroatoms. The van der Waals surface area contributed by atoms with Gasteiger partial charge >= 0.3 is 0 Å². The van der Waals surface area contributed by atoms with E-state index in [1.54, 1.807) is 0 Å². The molecule has 0 aliphatic carbocycles. The van der Waals surface area contributed by atoms with E-state index in [4.69, 9.17) is 4.99 Å². The molecule has 2 fully saturated rings. The van der Waals surface area contributed by atoms with Gasteiger partial charge in [-0.3, -0.25) is 14.7 Å². The molecule has 0 radical (unpaired) electrons. The molecule has 6 nitrogen and oxygen atoms in total. The summed E-state index contributed by atoms with van der Waals surface area (Å²) in [5.41, 5.74) is 0. The SMILES string of the molecule is CCNC(=NCC1CCN(Cc2cccs2)CC1)NCCCN1CCCC1=O. The van der Waals surface area contributed by atoms with Crippen LogP contribution in [0.5, 0.6) is 0 Å². The zero-order valence-electron chi connectivity index (χ0n) is 17.2. The monoisotopic (exact) mass is 405 g/mol. The van der Waals surface area contributed by atoms with Crippen molar-refractivity contribution in [3.63, 3.8) is 0 Å². The standard InChI is InChI=1S/C21H35N5OS/c1-2-22-21(23-10-5-12-26-11-3-7-20(26)27)24-16-18-8-13-25(14-9-18)17-19-6-4-15-28-19/h4,6,15,18H,2-3,5,7-14,16-17H2,1H3,(H2,22,23,24). The van der Waals surface area contributed by atoms with E-state index in [0.717, 1.165) is 64.5 Å². The Morgan fingerprint density at radius 3 is 2.82 bits per heavy atom. The maximum atomic E-state index is 11.7. The number of hydrogen-bond donors (Lipinski definition) is 2. The first-order chi connectivity index (χ1) is 13.7. The van der Waals surface area contributed by atoms with Crippen LogP contribution >= 0.6 is 11.3 Å². The second kappa shape index (κ2) is 11.4. The molecule has 2 saturated heterocycles. The summed E-state index contributed by atoms with van der Waals surface area (Å²) in [5, 5.41) is 8.94. The lowest BCUT2D eigenvalue weighted by molar-refractivity contribution is -0.127. The summed E-state index contributed by atoms with van der Waals surface area (Å²) in [4.78, 5) is 22.5. The average molecular weight is 406 g/mol. The number of piperidine rings is 1. The fourth-order valence-electron chi connectivity index (χ4n) is 3.93. The van der Waals surface area contributed by atoms with Gasteiger partial charge in [-0.2, -0.15) is 0 Å². The van der Waals surface area contributed by atoms with Gasteiger partial charge in [0.05, 0.1) is 0 Å². The number of nitrogens with one attached hydrogen (secondary N) is 2. The topological polar surface area (TPSA) is 60.0 Å². The summed E-state index contributed by atoms with van der Waals surface area (Å²) in [5.74, 6) is 1.90. The van der Waals surface area contributed by atoms with Gasteiger partial charge in [-0.1, -0.05) is 6.07 Å². The highest BCUT2D eigenvalue weighted by atomic mass is 32.1. The molecule has 2 N–H and O–H groups in total. The first-order valence-electron chi connectivity index (χ1n) is 10.8. The number of hydrogen-bond acceptors (Lipinski definition) is 4. The first-order valence-corrected chi connectivity index (χ1v) is 11.7. The quantitative estimate of drug-likeness (QED) is 0.377.